The van der Waals surface area contributed by atoms with E-state index in [9.17, 15) is 14.4 Å². The molecular weight excluding hydrogens is 370 g/mol. The lowest BCUT2D eigenvalue weighted by atomic mass is 10.2. The number of carboxylic acid groups (broad SMARTS) is 1. The second kappa shape index (κ2) is 7.92. The normalized spacial score (nSPS) is 11.7. The van der Waals surface area contributed by atoms with Gasteiger partial charge in [0.15, 0.2) is 0 Å². The smallest absolute Gasteiger partial charge is 0.442 e. The van der Waals surface area contributed by atoms with Gasteiger partial charge in [0.05, 0.1) is 10.8 Å². The molecule has 1 unspecified atom stereocenters. The van der Waals surface area contributed by atoms with Gasteiger partial charge in [-0.05, 0) is 52.9 Å². The van der Waals surface area contributed by atoms with Crippen LogP contribution in [0.2, 0.25) is 0 Å². The number of carboxylic acids is 1. The predicted molar refractivity (Wildman–Crippen MR) is 98.2 cm³/mol. The Balaban J connectivity index is 1.73. The average molecular weight is 386 g/mol. The first-order chi connectivity index (χ1) is 13.0. The summed E-state index contributed by atoms with van der Waals surface area (Å²) < 4.78 is 6.33. The van der Waals surface area contributed by atoms with E-state index in [1.807, 2.05) is 18.2 Å². The molecule has 8 nitrogen and oxygen atoms in total. The van der Waals surface area contributed by atoms with Crippen LogP contribution >= 0.6 is 11.8 Å². The van der Waals surface area contributed by atoms with Crippen molar-refractivity contribution < 1.29 is 23.9 Å². The molecule has 27 heavy (non-hydrogen) atoms. The molecule has 0 saturated heterocycles. The number of nitrogens with one attached hydrogen (secondary N) is 2. The second-order valence-electron chi connectivity index (χ2n) is 5.59. The van der Waals surface area contributed by atoms with Crippen LogP contribution in [-0.2, 0) is 4.79 Å². The van der Waals surface area contributed by atoms with E-state index in [2.05, 4.69) is 10.6 Å². The first-order valence-electron chi connectivity index (χ1n) is 7.95. The number of nitrogens with zero attached hydrogens (tertiary/aromatic N) is 1. The van der Waals surface area contributed by atoms with Crippen LogP contribution in [0.1, 0.15) is 17.3 Å². The molecule has 0 aliphatic heterocycles. The van der Waals surface area contributed by atoms with Crippen molar-refractivity contribution in [2.24, 2.45) is 0 Å². The van der Waals surface area contributed by atoms with Crippen LogP contribution in [0.5, 0.6) is 0 Å². The molecule has 0 aliphatic rings. The Labute approximate surface area is 157 Å². The van der Waals surface area contributed by atoms with Gasteiger partial charge in [-0.3, -0.25) is 9.32 Å². The molecule has 1 aromatic heterocycles. The number of anilines is 1. The fourth-order valence-corrected chi connectivity index (χ4v) is 3.16. The number of rotatable bonds is 6. The van der Waals surface area contributed by atoms with Gasteiger partial charge in [0.25, 0.3) is 0 Å². The highest BCUT2D eigenvalue weighted by Crippen LogP contribution is 2.20. The Bertz CT molecular complexity index is 1010. The minimum Gasteiger partial charge on any atom is -0.478 e. The molecule has 3 N–H and O–H groups in total. The number of carbonyl (C=O) groups excluding carboxylic acids is 1. The number of hydrogen-bond donors (Lipinski definition) is 3. The molecule has 1 heterocycles. The number of para-hydroxylation sites is 1. The van der Waals surface area contributed by atoms with E-state index in [-0.39, 0.29) is 16.5 Å². The number of amides is 1. The summed E-state index contributed by atoms with van der Waals surface area (Å²) in [6.07, 6.45) is 0. The van der Waals surface area contributed by atoms with Crippen LogP contribution in [0.4, 0.5) is 5.69 Å². The molecule has 3 rings (SSSR count). The van der Waals surface area contributed by atoms with Crippen molar-refractivity contribution >= 4 is 29.3 Å². The summed E-state index contributed by atoms with van der Waals surface area (Å²) in [6.45, 7) is 1.66. The van der Waals surface area contributed by atoms with Crippen LogP contribution in [0.15, 0.2) is 68.9 Å². The van der Waals surface area contributed by atoms with Crippen LogP contribution in [-0.4, -0.2) is 27.5 Å². The maximum atomic E-state index is 12.4. The monoisotopic (exact) mass is 386 g/mol. The van der Waals surface area contributed by atoms with Crippen molar-refractivity contribution in [2.75, 3.05) is 5.32 Å². The summed E-state index contributed by atoms with van der Waals surface area (Å²) in [6, 6.07) is 14.9. The third-order valence-electron chi connectivity index (χ3n) is 3.68. The molecule has 0 bridgehead atoms. The Hall–Kier alpha value is -3.33. The SMILES string of the molecule is CC(Sc1c(=O)o[nH][n+]1-c1ccccc1)C(=O)Nc1ccc(C(=O)O)cc1. The summed E-state index contributed by atoms with van der Waals surface area (Å²) in [5.41, 5.74) is 0.718. The molecule has 0 fully saturated rings. The topological polar surface area (TPSA) is 116 Å². The standard InChI is InChI=1S/C18H15N3O5S/c1-11(15(22)19-13-9-7-12(8-10-13)17(23)24)27-16-18(25)26-20-21(16)14-5-3-2-4-6-14/h2-11H,1H3,(H2-,19,20,22,23,24,25)/p+1. The van der Waals surface area contributed by atoms with Crippen molar-refractivity contribution in [1.82, 2.24) is 5.27 Å². The fourth-order valence-electron chi connectivity index (χ4n) is 2.27. The van der Waals surface area contributed by atoms with Crippen molar-refractivity contribution in [3.05, 3.63) is 70.6 Å². The number of carbonyl (C=O) groups is 2. The molecule has 0 saturated carbocycles. The molecule has 0 aliphatic carbocycles. The molecule has 0 spiro atoms. The zero-order chi connectivity index (χ0) is 19.4. The number of aromatic amines is 1. The van der Waals surface area contributed by atoms with Crippen LogP contribution < -0.4 is 15.6 Å². The zero-order valence-electron chi connectivity index (χ0n) is 14.2. The van der Waals surface area contributed by atoms with Gasteiger partial charge in [-0.15, -0.1) is 0 Å². The third-order valence-corrected chi connectivity index (χ3v) is 4.82. The molecule has 1 amide bonds. The quantitative estimate of drug-likeness (QED) is 0.441. The van der Waals surface area contributed by atoms with E-state index in [1.165, 1.54) is 28.9 Å². The lowest BCUT2D eigenvalue weighted by molar-refractivity contribution is -0.704. The molecule has 138 valence electrons. The maximum Gasteiger partial charge on any atom is 0.442 e. The average Bonchev–Trinajstić information content (AvgIpc) is 3.03. The zero-order valence-corrected chi connectivity index (χ0v) is 15.0. The van der Waals surface area contributed by atoms with Crippen molar-refractivity contribution in [3.63, 3.8) is 0 Å². The number of H-pyrrole nitrogens is 1. The van der Waals surface area contributed by atoms with E-state index < -0.39 is 16.8 Å². The van der Waals surface area contributed by atoms with Crippen LogP contribution in [0, 0.1) is 0 Å². The van der Waals surface area contributed by atoms with Crippen molar-refractivity contribution in [1.29, 1.82) is 0 Å². The Morgan fingerprint density at radius 1 is 1.15 bits per heavy atom. The summed E-state index contributed by atoms with van der Waals surface area (Å²) in [5.74, 6) is -1.37. The van der Waals surface area contributed by atoms with Gasteiger partial charge in [-0.2, -0.15) is 0 Å². The highest BCUT2D eigenvalue weighted by molar-refractivity contribution is 8.00. The van der Waals surface area contributed by atoms with Crippen molar-refractivity contribution in [3.8, 4) is 5.69 Å². The highest BCUT2D eigenvalue weighted by Gasteiger charge is 2.28. The summed E-state index contributed by atoms with van der Waals surface area (Å²) in [4.78, 5) is 35.3. The van der Waals surface area contributed by atoms with E-state index >= 15 is 0 Å². The van der Waals surface area contributed by atoms with Crippen LogP contribution in [0.25, 0.3) is 5.69 Å². The number of aromatic carboxylic acids is 1. The van der Waals surface area contributed by atoms with Crippen molar-refractivity contribution in [2.45, 2.75) is 17.2 Å². The Morgan fingerprint density at radius 3 is 2.44 bits per heavy atom. The van der Waals surface area contributed by atoms with E-state index in [1.54, 1.807) is 19.1 Å². The third kappa shape index (κ3) is 4.26. The summed E-state index contributed by atoms with van der Waals surface area (Å²) in [5, 5.41) is 13.8. The highest BCUT2D eigenvalue weighted by atomic mass is 32.2. The predicted octanol–water partition coefficient (Wildman–Crippen LogP) is 2.06. The second-order valence-corrected chi connectivity index (χ2v) is 6.92. The molecule has 9 heteroatoms. The molecule has 0 radical (unpaired) electrons. The van der Waals surface area contributed by atoms with Gasteiger partial charge in [0.2, 0.25) is 11.6 Å². The molecule has 2 aromatic carbocycles. The van der Waals surface area contributed by atoms with Gasteiger partial charge in [0.1, 0.15) is 0 Å². The minimum atomic E-state index is -1.04. The fraction of sp³-hybridized carbons (Fsp3) is 0.111. The molecular formula is C18H16N3O5S+. The molecule has 3 aromatic rings. The first-order valence-corrected chi connectivity index (χ1v) is 8.83. The van der Waals surface area contributed by atoms with Gasteiger partial charge in [0, 0.05) is 17.8 Å². The largest absolute Gasteiger partial charge is 0.478 e. The summed E-state index contributed by atoms with van der Waals surface area (Å²) in [7, 11) is 0. The molecule has 1 atom stereocenters. The van der Waals surface area contributed by atoms with E-state index in [4.69, 9.17) is 9.63 Å². The lowest BCUT2D eigenvalue weighted by Crippen LogP contribution is -2.37. The van der Waals surface area contributed by atoms with Gasteiger partial charge in [-0.1, -0.05) is 18.2 Å². The van der Waals surface area contributed by atoms with Gasteiger partial charge in [-0.25, -0.2) is 9.59 Å². The lowest BCUT2D eigenvalue weighted by Gasteiger charge is -2.09. The minimum absolute atomic E-state index is 0.129. The number of benzene rings is 2. The number of aromatic nitrogens is 2. The van der Waals surface area contributed by atoms with E-state index in [0.717, 1.165) is 11.8 Å². The number of hydrogen-bond acceptors (Lipinski definition) is 5. The van der Waals surface area contributed by atoms with Crippen LogP contribution in [0.3, 0.4) is 0 Å². The Morgan fingerprint density at radius 2 is 1.81 bits per heavy atom. The van der Waals surface area contributed by atoms with Gasteiger partial charge >= 0.3 is 16.6 Å². The maximum absolute atomic E-state index is 12.4. The summed E-state index contributed by atoms with van der Waals surface area (Å²) >= 11 is 1.05. The van der Waals surface area contributed by atoms with E-state index in [0.29, 0.717) is 11.4 Å². The number of thioether (sulfide) groups is 1. The first kappa shape index (κ1) is 18.5. The Kier molecular flexibility index (Phi) is 5.41. The van der Waals surface area contributed by atoms with Gasteiger partial charge < -0.3 is 10.4 Å².